The zero-order chi connectivity index (χ0) is 19.8. The summed E-state index contributed by atoms with van der Waals surface area (Å²) in [4.78, 5) is 17.3. The van der Waals surface area contributed by atoms with E-state index in [2.05, 4.69) is 46.3 Å². The van der Waals surface area contributed by atoms with Crippen molar-refractivity contribution in [2.45, 2.75) is 57.5 Å². The van der Waals surface area contributed by atoms with Crippen LogP contribution < -0.4 is 5.32 Å². The van der Waals surface area contributed by atoms with Crippen LogP contribution in [0.4, 0.5) is 0 Å². The highest BCUT2D eigenvalue weighted by molar-refractivity contribution is 5.78. The van der Waals surface area contributed by atoms with Gasteiger partial charge in [0.2, 0.25) is 5.91 Å². The van der Waals surface area contributed by atoms with Gasteiger partial charge in [-0.15, -0.1) is 0 Å². The molecule has 2 aliphatic rings. The maximum atomic E-state index is 12.6. The predicted molar refractivity (Wildman–Crippen MR) is 113 cm³/mol. The average molecular weight is 388 g/mol. The summed E-state index contributed by atoms with van der Waals surface area (Å²) in [7, 11) is 2.02. The van der Waals surface area contributed by atoms with Crippen LogP contribution in [-0.2, 0) is 22.5 Å². The summed E-state index contributed by atoms with van der Waals surface area (Å²) in [6.07, 6.45) is 7.28. The zero-order valence-corrected chi connectivity index (χ0v) is 17.7. The number of amides is 1. The lowest BCUT2D eigenvalue weighted by Gasteiger charge is -2.48. The third-order valence-corrected chi connectivity index (χ3v) is 6.38. The Labute approximate surface area is 170 Å². The van der Waals surface area contributed by atoms with Gasteiger partial charge in [-0.05, 0) is 37.4 Å². The van der Waals surface area contributed by atoms with E-state index in [1.54, 1.807) is 0 Å². The molecule has 1 aliphatic carbocycles. The predicted octanol–water partition coefficient (Wildman–Crippen LogP) is 2.83. The first-order valence-corrected chi connectivity index (χ1v) is 11.0. The van der Waals surface area contributed by atoms with E-state index < -0.39 is 0 Å². The van der Waals surface area contributed by atoms with Gasteiger partial charge in [0, 0.05) is 31.7 Å². The van der Waals surface area contributed by atoms with Gasteiger partial charge in [-0.25, -0.2) is 0 Å². The largest absolute Gasteiger partial charge is 0.379 e. The van der Waals surface area contributed by atoms with Gasteiger partial charge in [0.25, 0.3) is 0 Å². The van der Waals surface area contributed by atoms with Gasteiger partial charge >= 0.3 is 0 Å². The molecular formula is C23H37N3O2. The second kappa shape index (κ2) is 10.4. The first-order valence-electron chi connectivity index (χ1n) is 11.0. The van der Waals surface area contributed by atoms with E-state index >= 15 is 0 Å². The Balaban J connectivity index is 1.49. The van der Waals surface area contributed by atoms with E-state index in [0.717, 1.165) is 45.8 Å². The third-order valence-electron chi connectivity index (χ3n) is 6.38. The topological polar surface area (TPSA) is 44.8 Å². The fraction of sp³-hybridized carbons (Fsp3) is 0.696. The minimum absolute atomic E-state index is 0.130. The van der Waals surface area contributed by atoms with E-state index in [-0.39, 0.29) is 11.4 Å². The van der Waals surface area contributed by atoms with Gasteiger partial charge in [0.05, 0.1) is 19.8 Å². The molecule has 0 atom stereocenters. The molecule has 0 unspecified atom stereocenters. The first-order chi connectivity index (χ1) is 13.6. The highest BCUT2D eigenvalue weighted by Crippen LogP contribution is 2.33. The van der Waals surface area contributed by atoms with Crippen LogP contribution in [0, 0.1) is 0 Å². The average Bonchev–Trinajstić information content (AvgIpc) is 2.74. The van der Waals surface area contributed by atoms with Crippen molar-refractivity contribution >= 4 is 5.91 Å². The number of hydrogen-bond acceptors (Lipinski definition) is 4. The smallest absolute Gasteiger partial charge is 0.234 e. The Morgan fingerprint density at radius 2 is 1.75 bits per heavy atom. The number of morpholine rings is 1. The Kier molecular flexibility index (Phi) is 7.89. The number of likely N-dealkylation sites (N-methyl/N-ethyl adjacent to an activating group) is 1. The Morgan fingerprint density at radius 1 is 1.11 bits per heavy atom. The molecule has 1 N–H and O–H groups in total. The number of hydrogen-bond donors (Lipinski definition) is 1. The highest BCUT2D eigenvalue weighted by Gasteiger charge is 2.38. The molecule has 0 radical (unpaired) electrons. The van der Waals surface area contributed by atoms with Gasteiger partial charge in [0.1, 0.15) is 0 Å². The molecular weight excluding hydrogens is 350 g/mol. The molecule has 1 amide bonds. The highest BCUT2D eigenvalue weighted by atomic mass is 16.5. The van der Waals surface area contributed by atoms with Crippen LogP contribution in [0.5, 0.6) is 0 Å². The quantitative estimate of drug-likeness (QED) is 0.745. The summed E-state index contributed by atoms with van der Waals surface area (Å²) in [6, 6.07) is 8.70. The van der Waals surface area contributed by atoms with Crippen LogP contribution in [0.25, 0.3) is 0 Å². The number of carbonyl (C=O) groups is 1. The van der Waals surface area contributed by atoms with Crippen LogP contribution in [0.1, 0.15) is 50.2 Å². The number of ether oxygens (including phenoxy) is 1. The normalized spacial score (nSPS) is 20.2. The van der Waals surface area contributed by atoms with Crippen molar-refractivity contribution in [1.82, 2.24) is 15.1 Å². The van der Waals surface area contributed by atoms with E-state index in [9.17, 15) is 4.79 Å². The van der Waals surface area contributed by atoms with Crippen LogP contribution in [0.15, 0.2) is 24.3 Å². The van der Waals surface area contributed by atoms with Crippen molar-refractivity contribution in [3.63, 3.8) is 0 Å². The van der Waals surface area contributed by atoms with Crippen molar-refractivity contribution < 1.29 is 9.53 Å². The van der Waals surface area contributed by atoms with Gasteiger partial charge in [-0.2, -0.15) is 0 Å². The standard InChI is InChI=1S/C23H37N3O2/c1-3-20-7-9-21(10-8-20)17-25(2)18-22(27)24-19-23(11-5-4-6-12-23)26-13-15-28-16-14-26/h7-10H,3-6,11-19H2,1-2H3,(H,24,27). The summed E-state index contributed by atoms with van der Waals surface area (Å²) in [5.41, 5.74) is 2.74. The molecule has 1 saturated carbocycles. The monoisotopic (exact) mass is 387 g/mol. The van der Waals surface area contributed by atoms with Gasteiger partial charge in [0.15, 0.2) is 0 Å². The molecule has 3 rings (SSSR count). The maximum absolute atomic E-state index is 12.6. The molecule has 0 bridgehead atoms. The lowest BCUT2D eigenvalue weighted by Crippen LogP contribution is -2.60. The fourth-order valence-electron chi connectivity index (χ4n) is 4.66. The first kappa shape index (κ1) is 21.3. The minimum Gasteiger partial charge on any atom is -0.379 e. The number of nitrogens with one attached hydrogen (secondary N) is 1. The van der Waals surface area contributed by atoms with Crippen molar-refractivity contribution in [3.8, 4) is 0 Å². The summed E-state index contributed by atoms with van der Waals surface area (Å²) in [5.74, 6) is 0.130. The number of rotatable bonds is 8. The molecule has 156 valence electrons. The molecule has 1 heterocycles. The number of nitrogens with zero attached hydrogens (tertiary/aromatic N) is 2. The number of carbonyl (C=O) groups excluding carboxylic acids is 1. The van der Waals surface area contributed by atoms with Gasteiger partial charge in [-0.3, -0.25) is 14.6 Å². The molecule has 2 fully saturated rings. The third kappa shape index (κ3) is 5.79. The molecule has 0 spiro atoms. The van der Waals surface area contributed by atoms with Crippen molar-refractivity contribution in [3.05, 3.63) is 35.4 Å². The lowest BCUT2D eigenvalue weighted by molar-refractivity contribution is -0.123. The molecule has 28 heavy (non-hydrogen) atoms. The molecule has 5 heteroatoms. The van der Waals surface area contributed by atoms with Crippen LogP contribution in [0.3, 0.4) is 0 Å². The molecule has 1 saturated heterocycles. The Bertz CT molecular complexity index is 605. The van der Waals surface area contributed by atoms with E-state index in [1.807, 2.05) is 7.05 Å². The lowest BCUT2D eigenvalue weighted by atomic mass is 9.79. The molecule has 1 aromatic carbocycles. The Hall–Kier alpha value is -1.43. The maximum Gasteiger partial charge on any atom is 0.234 e. The zero-order valence-electron chi connectivity index (χ0n) is 17.7. The fourth-order valence-corrected chi connectivity index (χ4v) is 4.66. The van der Waals surface area contributed by atoms with Crippen LogP contribution >= 0.6 is 0 Å². The van der Waals surface area contributed by atoms with Crippen molar-refractivity contribution in [1.29, 1.82) is 0 Å². The second-order valence-corrected chi connectivity index (χ2v) is 8.50. The van der Waals surface area contributed by atoms with E-state index in [1.165, 1.54) is 43.2 Å². The van der Waals surface area contributed by atoms with E-state index in [0.29, 0.717) is 6.54 Å². The minimum atomic E-state index is 0.130. The molecule has 0 aromatic heterocycles. The van der Waals surface area contributed by atoms with Crippen molar-refractivity contribution in [2.75, 3.05) is 46.4 Å². The van der Waals surface area contributed by atoms with Gasteiger partial charge < -0.3 is 10.1 Å². The van der Waals surface area contributed by atoms with Gasteiger partial charge in [-0.1, -0.05) is 50.5 Å². The second-order valence-electron chi connectivity index (χ2n) is 8.50. The Morgan fingerprint density at radius 3 is 2.39 bits per heavy atom. The van der Waals surface area contributed by atoms with Crippen LogP contribution in [-0.4, -0.2) is 67.7 Å². The van der Waals surface area contributed by atoms with Crippen LogP contribution in [0.2, 0.25) is 0 Å². The number of aryl methyl sites for hydroxylation is 1. The molecule has 1 aromatic rings. The summed E-state index contributed by atoms with van der Waals surface area (Å²) in [6.45, 7) is 7.78. The molecule has 5 nitrogen and oxygen atoms in total. The summed E-state index contributed by atoms with van der Waals surface area (Å²) < 4.78 is 5.55. The SMILES string of the molecule is CCc1ccc(CN(C)CC(=O)NCC2(N3CCOCC3)CCCCC2)cc1. The summed E-state index contributed by atoms with van der Waals surface area (Å²) >= 11 is 0. The molecule has 1 aliphatic heterocycles. The number of benzene rings is 1. The van der Waals surface area contributed by atoms with Crippen molar-refractivity contribution in [2.24, 2.45) is 0 Å². The summed E-state index contributed by atoms with van der Waals surface area (Å²) in [5, 5.41) is 3.26. The van der Waals surface area contributed by atoms with E-state index in [4.69, 9.17) is 4.74 Å².